The minimum Gasteiger partial charge on any atom is -0.481 e. The van der Waals surface area contributed by atoms with Crippen LogP contribution in [-0.2, 0) is 24.1 Å². The van der Waals surface area contributed by atoms with Crippen LogP contribution in [0.2, 0.25) is 0 Å². The van der Waals surface area contributed by atoms with Crippen molar-refractivity contribution in [1.29, 1.82) is 0 Å². The van der Waals surface area contributed by atoms with Crippen LogP contribution >= 0.6 is 0 Å². The SMILES string of the molecule is COCCOCCCN1CCS(=O)(=O)CC1CC(=O)O. The zero-order valence-electron chi connectivity index (χ0n) is 11.8. The first kappa shape index (κ1) is 17.4. The molecular weight excluding hydrogens is 286 g/mol. The molecule has 1 aliphatic heterocycles. The lowest BCUT2D eigenvalue weighted by molar-refractivity contribution is -0.138. The molecule has 0 aliphatic carbocycles. The molecule has 1 heterocycles. The first-order chi connectivity index (χ1) is 9.44. The molecule has 0 aromatic rings. The van der Waals surface area contributed by atoms with Crippen molar-refractivity contribution in [3.05, 3.63) is 0 Å². The quantitative estimate of drug-likeness (QED) is 0.580. The Kier molecular flexibility index (Phi) is 7.42. The van der Waals surface area contributed by atoms with Gasteiger partial charge in [0.15, 0.2) is 9.84 Å². The van der Waals surface area contributed by atoms with Gasteiger partial charge in [0, 0.05) is 32.8 Å². The maximum Gasteiger partial charge on any atom is 0.304 e. The zero-order chi connectivity index (χ0) is 15.0. The Hall–Kier alpha value is -0.700. The maximum atomic E-state index is 11.6. The smallest absolute Gasteiger partial charge is 0.304 e. The number of sulfone groups is 1. The molecule has 0 spiro atoms. The third-order valence-electron chi connectivity index (χ3n) is 3.23. The molecule has 118 valence electrons. The summed E-state index contributed by atoms with van der Waals surface area (Å²) in [5, 5.41) is 8.86. The van der Waals surface area contributed by atoms with Crippen molar-refractivity contribution in [3.8, 4) is 0 Å². The molecule has 1 fully saturated rings. The number of hydrogen-bond acceptors (Lipinski definition) is 6. The van der Waals surface area contributed by atoms with Crippen molar-refractivity contribution in [2.24, 2.45) is 0 Å². The van der Waals surface area contributed by atoms with Crippen molar-refractivity contribution >= 4 is 15.8 Å². The normalized spacial score (nSPS) is 22.8. The van der Waals surface area contributed by atoms with Crippen LogP contribution in [0.4, 0.5) is 0 Å². The van der Waals surface area contributed by atoms with Gasteiger partial charge in [-0.2, -0.15) is 0 Å². The van der Waals surface area contributed by atoms with Gasteiger partial charge >= 0.3 is 5.97 Å². The number of carboxylic acids is 1. The summed E-state index contributed by atoms with van der Waals surface area (Å²) in [6.45, 7) is 2.69. The maximum absolute atomic E-state index is 11.6. The summed E-state index contributed by atoms with van der Waals surface area (Å²) in [6.07, 6.45) is 0.615. The Morgan fingerprint density at radius 2 is 2.10 bits per heavy atom. The number of nitrogens with zero attached hydrogens (tertiary/aromatic N) is 1. The molecule has 20 heavy (non-hydrogen) atoms. The lowest BCUT2D eigenvalue weighted by Crippen LogP contribution is -2.49. The predicted octanol–water partition coefficient (Wildman–Crippen LogP) is -0.387. The van der Waals surface area contributed by atoms with Gasteiger partial charge in [-0.05, 0) is 6.42 Å². The molecule has 0 aromatic heterocycles. The second kappa shape index (κ2) is 8.56. The monoisotopic (exact) mass is 309 g/mol. The van der Waals surface area contributed by atoms with E-state index in [2.05, 4.69) is 0 Å². The number of carboxylic acid groups (broad SMARTS) is 1. The van der Waals surface area contributed by atoms with Gasteiger partial charge in [-0.15, -0.1) is 0 Å². The molecule has 8 heteroatoms. The van der Waals surface area contributed by atoms with Crippen LogP contribution in [0.1, 0.15) is 12.8 Å². The van der Waals surface area contributed by atoms with Gasteiger partial charge in [0.05, 0.1) is 31.1 Å². The highest BCUT2D eigenvalue weighted by Crippen LogP contribution is 2.15. The first-order valence-corrected chi connectivity index (χ1v) is 8.49. The summed E-state index contributed by atoms with van der Waals surface area (Å²) in [6, 6.07) is -0.426. The summed E-state index contributed by atoms with van der Waals surface area (Å²) in [5.74, 6) is -0.925. The minimum absolute atomic E-state index is 0.0656. The molecule has 1 atom stereocenters. The molecule has 1 N–H and O–H groups in total. The highest BCUT2D eigenvalue weighted by molar-refractivity contribution is 7.91. The largest absolute Gasteiger partial charge is 0.481 e. The topological polar surface area (TPSA) is 93.1 Å². The van der Waals surface area contributed by atoms with Crippen molar-refractivity contribution in [3.63, 3.8) is 0 Å². The van der Waals surface area contributed by atoms with Crippen LogP contribution in [0.15, 0.2) is 0 Å². The molecule has 1 unspecified atom stereocenters. The van der Waals surface area contributed by atoms with Crippen molar-refractivity contribution in [2.45, 2.75) is 18.9 Å². The molecule has 1 aliphatic rings. The van der Waals surface area contributed by atoms with Crippen molar-refractivity contribution in [2.75, 3.05) is 51.5 Å². The van der Waals surface area contributed by atoms with Crippen LogP contribution in [0.25, 0.3) is 0 Å². The lowest BCUT2D eigenvalue weighted by atomic mass is 10.2. The van der Waals surface area contributed by atoms with E-state index in [4.69, 9.17) is 14.6 Å². The fourth-order valence-corrected chi connectivity index (χ4v) is 3.81. The van der Waals surface area contributed by atoms with Gasteiger partial charge in [-0.1, -0.05) is 0 Å². The van der Waals surface area contributed by atoms with Crippen molar-refractivity contribution < 1.29 is 27.8 Å². The van der Waals surface area contributed by atoms with Gasteiger partial charge in [-0.25, -0.2) is 8.42 Å². The van der Waals surface area contributed by atoms with Gasteiger partial charge in [-0.3, -0.25) is 9.69 Å². The summed E-state index contributed by atoms with van der Waals surface area (Å²) in [7, 11) is -1.50. The summed E-state index contributed by atoms with van der Waals surface area (Å²) in [4.78, 5) is 12.8. The molecule has 0 saturated carbocycles. The fourth-order valence-electron chi connectivity index (χ4n) is 2.22. The third-order valence-corrected chi connectivity index (χ3v) is 4.93. The molecule has 1 saturated heterocycles. The van der Waals surface area contributed by atoms with E-state index in [1.807, 2.05) is 4.90 Å². The number of carbonyl (C=O) groups is 1. The second-order valence-electron chi connectivity index (χ2n) is 4.86. The van der Waals surface area contributed by atoms with E-state index in [1.165, 1.54) is 0 Å². The van der Waals surface area contributed by atoms with Crippen LogP contribution in [0.5, 0.6) is 0 Å². The van der Waals surface area contributed by atoms with E-state index >= 15 is 0 Å². The lowest BCUT2D eigenvalue weighted by Gasteiger charge is -2.34. The van der Waals surface area contributed by atoms with Crippen LogP contribution in [0, 0.1) is 0 Å². The molecular formula is C12H23NO6S. The molecule has 0 aromatic carbocycles. The summed E-state index contributed by atoms with van der Waals surface area (Å²) < 4.78 is 33.3. The number of hydrogen-bond donors (Lipinski definition) is 1. The Bertz CT molecular complexity index is 397. The van der Waals surface area contributed by atoms with E-state index < -0.39 is 21.8 Å². The highest BCUT2D eigenvalue weighted by Gasteiger charge is 2.32. The van der Waals surface area contributed by atoms with E-state index in [9.17, 15) is 13.2 Å². The Morgan fingerprint density at radius 1 is 1.35 bits per heavy atom. The van der Waals surface area contributed by atoms with E-state index in [1.54, 1.807) is 7.11 Å². The number of aliphatic carboxylic acids is 1. The van der Waals surface area contributed by atoms with Crippen LogP contribution in [0.3, 0.4) is 0 Å². The fraction of sp³-hybridized carbons (Fsp3) is 0.917. The summed E-state index contributed by atoms with van der Waals surface area (Å²) >= 11 is 0. The van der Waals surface area contributed by atoms with E-state index in [0.717, 1.165) is 6.42 Å². The number of methoxy groups -OCH3 is 1. The van der Waals surface area contributed by atoms with Gasteiger partial charge < -0.3 is 14.6 Å². The molecule has 1 rings (SSSR count). The molecule has 0 amide bonds. The van der Waals surface area contributed by atoms with Gasteiger partial charge in [0.1, 0.15) is 0 Å². The van der Waals surface area contributed by atoms with E-state index in [-0.39, 0.29) is 17.9 Å². The molecule has 7 nitrogen and oxygen atoms in total. The standard InChI is InChI=1S/C12H23NO6S/c1-18-6-7-19-5-2-3-13-4-8-20(16,17)10-11(13)9-12(14)15/h11H,2-10H2,1H3,(H,14,15). The van der Waals surface area contributed by atoms with Gasteiger partial charge in [0.25, 0.3) is 0 Å². The number of ether oxygens (including phenoxy) is 2. The van der Waals surface area contributed by atoms with Gasteiger partial charge in [0.2, 0.25) is 0 Å². The Labute approximate surface area is 119 Å². The average molecular weight is 309 g/mol. The Balaban J connectivity index is 2.35. The predicted molar refractivity (Wildman–Crippen MR) is 73.6 cm³/mol. The van der Waals surface area contributed by atoms with E-state index in [0.29, 0.717) is 32.9 Å². The molecule has 0 bridgehead atoms. The molecule has 0 radical (unpaired) electrons. The highest BCUT2D eigenvalue weighted by atomic mass is 32.2. The van der Waals surface area contributed by atoms with Crippen LogP contribution < -0.4 is 0 Å². The summed E-state index contributed by atoms with van der Waals surface area (Å²) in [5.41, 5.74) is 0. The first-order valence-electron chi connectivity index (χ1n) is 6.67. The number of rotatable bonds is 9. The Morgan fingerprint density at radius 3 is 2.75 bits per heavy atom. The average Bonchev–Trinajstić information content (AvgIpc) is 2.34. The third kappa shape index (κ3) is 6.65. The minimum atomic E-state index is -3.11. The second-order valence-corrected chi connectivity index (χ2v) is 7.09. The van der Waals surface area contributed by atoms with Crippen molar-refractivity contribution in [1.82, 2.24) is 4.90 Å². The van der Waals surface area contributed by atoms with Crippen LogP contribution in [-0.4, -0.2) is 82.0 Å². The zero-order valence-corrected chi connectivity index (χ0v) is 12.6.